The SMILES string of the molecule is CC(C(=O)N1CCN(CCC(=O)O)CC1)c1ccccc1. The van der Waals surface area contributed by atoms with Gasteiger partial charge in [-0.15, -0.1) is 0 Å². The molecule has 1 saturated heterocycles. The van der Waals surface area contributed by atoms with Crippen molar-refractivity contribution in [1.29, 1.82) is 0 Å². The first kappa shape index (κ1) is 15.5. The van der Waals surface area contributed by atoms with E-state index in [1.807, 2.05) is 42.2 Å². The maximum Gasteiger partial charge on any atom is 0.304 e. The first-order valence-corrected chi connectivity index (χ1v) is 7.36. The van der Waals surface area contributed by atoms with Crippen molar-refractivity contribution in [2.75, 3.05) is 32.7 Å². The van der Waals surface area contributed by atoms with Crippen molar-refractivity contribution in [2.24, 2.45) is 0 Å². The van der Waals surface area contributed by atoms with Crippen molar-refractivity contribution in [2.45, 2.75) is 19.3 Å². The van der Waals surface area contributed by atoms with Gasteiger partial charge < -0.3 is 10.0 Å². The summed E-state index contributed by atoms with van der Waals surface area (Å²) in [5.41, 5.74) is 1.04. The molecule has 1 heterocycles. The summed E-state index contributed by atoms with van der Waals surface area (Å²) in [5, 5.41) is 8.69. The minimum atomic E-state index is -0.772. The van der Waals surface area contributed by atoms with Gasteiger partial charge in [0.05, 0.1) is 12.3 Å². The van der Waals surface area contributed by atoms with Crippen molar-refractivity contribution in [3.05, 3.63) is 35.9 Å². The average molecular weight is 290 g/mol. The number of hydrogen-bond donors (Lipinski definition) is 1. The molecular formula is C16H22N2O3. The Morgan fingerprint density at radius 2 is 1.76 bits per heavy atom. The smallest absolute Gasteiger partial charge is 0.304 e. The van der Waals surface area contributed by atoms with Gasteiger partial charge in [-0.05, 0) is 12.5 Å². The van der Waals surface area contributed by atoms with Crippen LogP contribution < -0.4 is 0 Å². The Kier molecular flexibility index (Phi) is 5.33. The zero-order chi connectivity index (χ0) is 15.2. The van der Waals surface area contributed by atoms with Gasteiger partial charge in [-0.1, -0.05) is 30.3 Å². The quantitative estimate of drug-likeness (QED) is 0.890. The third-order valence-corrected chi connectivity index (χ3v) is 4.00. The first-order valence-electron chi connectivity index (χ1n) is 7.36. The molecule has 5 heteroatoms. The lowest BCUT2D eigenvalue weighted by molar-refractivity contribution is -0.138. The molecule has 0 radical (unpaired) electrons. The van der Waals surface area contributed by atoms with E-state index < -0.39 is 5.97 Å². The van der Waals surface area contributed by atoms with Gasteiger partial charge in [0.2, 0.25) is 5.91 Å². The number of rotatable bonds is 5. The Labute approximate surface area is 125 Å². The second-order valence-electron chi connectivity index (χ2n) is 5.44. The Bertz CT molecular complexity index is 482. The minimum absolute atomic E-state index is 0.128. The summed E-state index contributed by atoms with van der Waals surface area (Å²) < 4.78 is 0. The van der Waals surface area contributed by atoms with Crippen LogP contribution in [-0.4, -0.2) is 59.5 Å². The van der Waals surface area contributed by atoms with Gasteiger partial charge in [-0.2, -0.15) is 0 Å². The molecule has 5 nitrogen and oxygen atoms in total. The van der Waals surface area contributed by atoms with Gasteiger partial charge in [-0.3, -0.25) is 14.5 Å². The Balaban J connectivity index is 1.84. The number of carbonyl (C=O) groups excluding carboxylic acids is 1. The summed E-state index contributed by atoms with van der Waals surface area (Å²) in [6.45, 7) is 5.35. The molecule has 0 aromatic heterocycles. The minimum Gasteiger partial charge on any atom is -0.481 e. The fraction of sp³-hybridized carbons (Fsp3) is 0.500. The second-order valence-corrected chi connectivity index (χ2v) is 5.44. The molecule has 1 fully saturated rings. The lowest BCUT2D eigenvalue weighted by atomic mass is 9.99. The number of benzene rings is 1. The fourth-order valence-corrected chi connectivity index (χ4v) is 2.60. The van der Waals surface area contributed by atoms with Crippen molar-refractivity contribution in [1.82, 2.24) is 9.80 Å². The lowest BCUT2D eigenvalue weighted by Crippen LogP contribution is -2.50. The molecular weight excluding hydrogens is 268 g/mol. The molecule has 1 unspecified atom stereocenters. The largest absolute Gasteiger partial charge is 0.481 e. The van der Waals surface area contributed by atoms with Gasteiger partial charge in [0.15, 0.2) is 0 Å². The molecule has 1 aromatic rings. The van der Waals surface area contributed by atoms with Crippen LogP contribution in [-0.2, 0) is 9.59 Å². The van der Waals surface area contributed by atoms with E-state index in [0.717, 1.165) is 18.7 Å². The molecule has 0 saturated carbocycles. The molecule has 1 N–H and O–H groups in total. The normalized spacial score (nSPS) is 17.5. The van der Waals surface area contributed by atoms with Crippen LogP contribution in [0.15, 0.2) is 30.3 Å². The van der Waals surface area contributed by atoms with Crippen LogP contribution in [0.25, 0.3) is 0 Å². The highest BCUT2D eigenvalue weighted by molar-refractivity contribution is 5.83. The predicted octanol–water partition coefficient (Wildman–Crippen LogP) is 1.41. The number of nitrogens with zero attached hydrogens (tertiary/aromatic N) is 2. The number of carbonyl (C=O) groups is 2. The van der Waals surface area contributed by atoms with Gasteiger partial charge in [0.25, 0.3) is 0 Å². The Hall–Kier alpha value is -1.88. The van der Waals surface area contributed by atoms with E-state index in [0.29, 0.717) is 19.6 Å². The van der Waals surface area contributed by atoms with Crippen LogP contribution in [0.1, 0.15) is 24.8 Å². The molecule has 114 valence electrons. The molecule has 1 amide bonds. The summed E-state index contributed by atoms with van der Waals surface area (Å²) in [7, 11) is 0. The summed E-state index contributed by atoms with van der Waals surface area (Å²) in [4.78, 5) is 27.0. The van der Waals surface area contributed by atoms with E-state index in [9.17, 15) is 9.59 Å². The highest BCUT2D eigenvalue weighted by Gasteiger charge is 2.25. The molecule has 0 spiro atoms. The zero-order valence-electron chi connectivity index (χ0n) is 12.4. The van der Waals surface area contributed by atoms with Gasteiger partial charge in [0.1, 0.15) is 0 Å². The Morgan fingerprint density at radius 3 is 2.33 bits per heavy atom. The summed E-state index contributed by atoms with van der Waals surface area (Å²) >= 11 is 0. The third-order valence-electron chi connectivity index (χ3n) is 4.00. The molecule has 1 aliphatic heterocycles. The van der Waals surface area contributed by atoms with Crippen LogP contribution in [0.4, 0.5) is 0 Å². The van der Waals surface area contributed by atoms with E-state index in [1.54, 1.807) is 0 Å². The highest BCUT2D eigenvalue weighted by atomic mass is 16.4. The molecule has 0 aliphatic carbocycles. The van der Waals surface area contributed by atoms with Gasteiger partial charge >= 0.3 is 5.97 Å². The molecule has 1 atom stereocenters. The van der Waals surface area contributed by atoms with E-state index >= 15 is 0 Å². The van der Waals surface area contributed by atoms with Crippen LogP contribution in [0.2, 0.25) is 0 Å². The number of amides is 1. The number of carboxylic acids is 1. The topological polar surface area (TPSA) is 60.9 Å². The number of piperazine rings is 1. The Morgan fingerprint density at radius 1 is 1.14 bits per heavy atom. The van der Waals surface area contributed by atoms with Crippen LogP contribution in [0.5, 0.6) is 0 Å². The number of hydrogen-bond acceptors (Lipinski definition) is 3. The number of aliphatic carboxylic acids is 1. The highest BCUT2D eigenvalue weighted by Crippen LogP contribution is 2.18. The van der Waals surface area contributed by atoms with Crippen LogP contribution in [0, 0.1) is 0 Å². The lowest BCUT2D eigenvalue weighted by Gasteiger charge is -2.35. The summed E-state index contributed by atoms with van der Waals surface area (Å²) in [6, 6.07) is 9.80. The molecule has 1 aromatic carbocycles. The molecule has 1 aliphatic rings. The van der Waals surface area contributed by atoms with Crippen molar-refractivity contribution < 1.29 is 14.7 Å². The summed E-state index contributed by atoms with van der Waals surface area (Å²) in [5.74, 6) is -0.748. The van der Waals surface area contributed by atoms with E-state index in [2.05, 4.69) is 4.90 Å². The maximum absolute atomic E-state index is 12.5. The van der Waals surface area contributed by atoms with Crippen LogP contribution in [0.3, 0.4) is 0 Å². The van der Waals surface area contributed by atoms with Crippen molar-refractivity contribution in [3.8, 4) is 0 Å². The summed E-state index contributed by atoms with van der Waals surface area (Å²) in [6.07, 6.45) is 0.161. The van der Waals surface area contributed by atoms with E-state index in [-0.39, 0.29) is 18.2 Å². The second kappa shape index (κ2) is 7.22. The van der Waals surface area contributed by atoms with Gasteiger partial charge in [-0.25, -0.2) is 0 Å². The van der Waals surface area contributed by atoms with Crippen molar-refractivity contribution >= 4 is 11.9 Å². The number of carboxylic acid groups (broad SMARTS) is 1. The van der Waals surface area contributed by atoms with E-state index in [1.165, 1.54) is 0 Å². The molecule has 0 bridgehead atoms. The molecule has 2 rings (SSSR count). The molecule has 21 heavy (non-hydrogen) atoms. The predicted molar refractivity (Wildman–Crippen MR) is 80.1 cm³/mol. The maximum atomic E-state index is 12.5. The standard InChI is InChI=1S/C16H22N2O3/c1-13(14-5-3-2-4-6-14)16(21)18-11-9-17(10-12-18)8-7-15(19)20/h2-6,13H,7-12H2,1H3,(H,19,20). The third kappa shape index (κ3) is 4.29. The fourth-order valence-electron chi connectivity index (χ4n) is 2.60. The monoisotopic (exact) mass is 290 g/mol. The van der Waals surface area contributed by atoms with Crippen molar-refractivity contribution in [3.63, 3.8) is 0 Å². The zero-order valence-corrected chi connectivity index (χ0v) is 12.4. The van der Waals surface area contributed by atoms with Gasteiger partial charge in [0, 0.05) is 32.7 Å². The first-order chi connectivity index (χ1) is 10.1. The van der Waals surface area contributed by atoms with E-state index in [4.69, 9.17) is 5.11 Å². The average Bonchev–Trinajstić information content (AvgIpc) is 2.53. The van der Waals surface area contributed by atoms with Crippen LogP contribution >= 0.6 is 0 Å².